The number of nitrogens with zero attached hydrogens (tertiary/aromatic N) is 2. The van der Waals surface area contributed by atoms with Crippen molar-refractivity contribution < 1.29 is 9.90 Å². The largest absolute Gasteiger partial charge is 0.507 e. The van der Waals surface area contributed by atoms with Crippen molar-refractivity contribution in [2.24, 2.45) is 0 Å². The number of aryl methyl sites for hydroxylation is 1. The molecule has 0 fully saturated rings. The first kappa shape index (κ1) is 12.1. The minimum Gasteiger partial charge on any atom is -0.507 e. The molecule has 1 N–H and O–H groups in total. The summed E-state index contributed by atoms with van der Waals surface area (Å²) in [4.78, 5) is 11.8. The topological polar surface area (TPSA) is 55.1 Å². The predicted molar refractivity (Wildman–Crippen MR) is 72.0 cm³/mol. The lowest BCUT2D eigenvalue weighted by molar-refractivity contribution is 0.0973. The molecule has 17 heavy (non-hydrogen) atoms. The quantitative estimate of drug-likeness (QED) is 0.686. The normalized spacial score (nSPS) is 10.4. The Hall–Kier alpha value is -1.37. The van der Waals surface area contributed by atoms with Crippen molar-refractivity contribution in [3.05, 3.63) is 45.8 Å². The lowest BCUT2D eigenvalue weighted by Gasteiger charge is -2.03. The van der Waals surface area contributed by atoms with Crippen LogP contribution in [0.3, 0.4) is 0 Å². The van der Waals surface area contributed by atoms with Crippen LogP contribution in [0.1, 0.15) is 16.8 Å². The van der Waals surface area contributed by atoms with Gasteiger partial charge in [-0.1, -0.05) is 12.1 Å². The summed E-state index contributed by atoms with van der Waals surface area (Å²) < 4.78 is 2.76. The molecule has 0 saturated carbocycles. The van der Waals surface area contributed by atoms with Crippen LogP contribution in [0, 0.1) is 3.57 Å². The minimum absolute atomic E-state index is 0.0348. The number of carbonyl (C=O) groups excluding carboxylic acids is 1. The van der Waals surface area contributed by atoms with E-state index in [9.17, 15) is 9.90 Å². The van der Waals surface area contributed by atoms with Crippen LogP contribution in [0.25, 0.3) is 0 Å². The van der Waals surface area contributed by atoms with Gasteiger partial charge in [-0.2, -0.15) is 5.10 Å². The Morgan fingerprint density at radius 3 is 2.82 bits per heavy atom. The van der Waals surface area contributed by atoms with Crippen LogP contribution in [0.15, 0.2) is 36.7 Å². The van der Waals surface area contributed by atoms with Gasteiger partial charge in [0.25, 0.3) is 0 Å². The van der Waals surface area contributed by atoms with Gasteiger partial charge >= 0.3 is 0 Å². The van der Waals surface area contributed by atoms with Crippen molar-refractivity contribution >= 4 is 28.4 Å². The Bertz CT molecular complexity index is 537. The molecule has 88 valence electrons. The maximum absolute atomic E-state index is 11.8. The van der Waals surface area contributed by atoms with Crippen molar-refractivity contribution in [3.8, 4) is 5.75 Å². The van der Waals surface area contributed by atoms with E-state index >= 15 is 0 Å². The van der Waals surface area contributed by atoms with E-state index in [4.69, 9.17) is 0 Å². The lowest BCUT2D eigenvalue weighted by atomic mass is 10.1. The van der Waals surface area contributed by atoms with Crippen LogP contribution in [-0.4, -0.2) is 20.7 Å². The smallest absolute Gasteiger partial charge is 0.168 e. The zero-order valence-corrected chi connectivity index (χ0v) is 11.2. The summed E-state index contributed by atoms with van der Waals surface area (Å²) in [5, 5.41) is 13.6. The molecule has 0 spiro atoms. The molecular formula is C12H11IN2O2. The van der Waals surface area contributed by atoms with Gasteiger partial charge in [0.2, 0.25) is 0 Å². The van der Waals surface area contributed by atoms with Gasteiger partial charge in [-0.05, 0) is 34.7 Å². The average molecular weight is 342 g/mol. The summed E-state index contributed by atoms with van der Waals surface area (Å²) in [6, 6.07) is 6.58. The fourth-order valence-electron chi connectivity index (χ4n) is 1.52. The maximum atomic E-state index is 11.8. The third kappa shape index (κ3) is 3.06. The third-order valence-electron chi connectivity index (χ3n) is 2.37. The van der Waals surface area contributed by atoms with Crippen LogP contribution >= 0.6 is 22.6 Å². The van der Waals surface area contributed by atoms with E-state index in [1.54, 1.807) is 29.1 Å². The van der Waals surface area contributed by atoms with Crippen molar-refractivity contribution in [1.82, 2.24) is 9.78 Å². The summed E-state index contributed by atoms with van der Waals surface area (Å²) in [6.45, 7) is 0.524. The van der Waals surface area contributed by atoms with Crippen LogP contribution in [-0.2, 0) is 6.54 Å². The molecule has 1 heterocycles. The summed E-state index contributed by atoms with van der Waals surface area (Å²) in [6.07, 6.45) is 3.94. The number of benzene rings is 1. The van der Waals surface area contributed by atoms with Crippen LogP contribution in [0.5, 0.6) is 5.75 Å². The monoisotopic (exact) mass is 342 g/mol. The Balaban J connectivity index is 2.01. The second-order valence-electron chi connectivity index (χ2n) is 3.61. The molecule has 2 aromatic rings. The van der Waals surface area contributed by atoms with Crippen molar-refractivity contribution in [2.45, 2.75) is 13.0 Å². The van der Waals surface area contributed by atoms with E-state index in [1.807, 2.05) is 6.20 Å². The van der Waals surface area contributed by atoms with Crippen LogP contribution < -0.4 is 0 Å². The van der Waals surface area contributed by atoms with E-state index in [-0.39, 0.29) is 11.5 Å². The highest BCUT2D eigenvalue weighted by Crippen LogP contribution is 2.17. The van der Waals surface area contributed by atoms with Gasteiger partial charge in [-0.25, -0.2) is 0 Å². The molecule has 5 heteroatoms. The van der Waals surface area contributed by atoms with Gasteiger partial charge < -0.3 is 5.11 Å². The second-order valence-corrected chi connectivity index (χ2v) is 4.86. The number of aromatic nitrogens is 2. The number of hydrogen-bond acceptors (Lipinski definition) is 3. The van der Waals surface area contributed by atoms with Gasteiger partial charge in [0, 0.05) is 19.2 Å². The zero-order chi connectivity index (χ0) is 12.3. The SMILES string of the molecule is O=C(CCn1cc(I)cn1)c1ccccc1O. The average Bonchev–Trinajstić information content (AvgIpc) is 2.73. The number of carbonyl (C=O) groups is 1. The van der Waals surface area contributed by atoms with Gasteiger partial charge in [-0.15, -0.1) is 0 Å². The summed E-state index contributed by atoms with van der Waals surface area (Å²) in [5.41, 5.74) is 0.370. The Morgan fingerprint density at radius 1 is 1.41 bits per heavy atom. The number of phenols is 1. The number of aromatic hydroxyl groups is 1. The molecule has 0 atom stereocenters. The van der Waals surface area contributed by atoms with Crippen molar-refractivity contribution in [2.75, 3.05) is 0 Å². The lowest BCUT2D eigenvalue weighted by Crippen LogP contribution is -2.06. The minimum atomic E-state index is -0.0754. The number of phenolic OH excluding ortho intramolecular Hbond substituents is 1. The molecule has 0 aliphatic heterocycles. The highest BCUT2D eigenvalue weighted by atomic mass is 127. The molecule has 0 unspecified atom stereocenters. The molecule has 0 aliphatic rings. The first-order chi connectivity index (χ1) is 8.16. The molecular weight excluding hydrogens is 331 g/mol. The number of halogens is 1. The fourth-order valence-corrected chi connectivity index (χ4v) is 1.97. The standard InChI is InChI=1S/C12H11IN2O2/c13-9-7-14-15(8-9)6-5-12(17)10-3-1-2-4-11(10)16/h1-4,7-8,16H,5-6H2. The van der Waals surface area contributed by atoms with E-state index in [0.29, 0.717) is 18.5 Å². The van der Waals surface area contributed by atoms with E-state index in [0.717, 1.165) is 3.57 Å². The van der Waals surface area contributed by atoms with Crippen LogP contribution in [0.2, 0.25) is 0 Å². The first-order valence-corrected chi connectivity index (χ1v) is 6.24. The van der Waals surface area contributed by atoms with E-state index in [2.05, 4.69) is 27.7 Å². The highest BCUT2D eigenvalue weighted by molar-refractivity contribution is 14.1. The predicted octanol–water partition coefficient (Wildman–Crippen LogP) is 2.47. The van der Waals surface area contributed by atoms with E-state index in [1.165, 1.54) is 6.07 Å². The Morgan fingerprint density at radius 2 is 2.18 bits per heavy atom. The van der Waals surface area contributed by atoms with Crippen molar-refractivity contribution in [3.63, 3.8) is 0 Å². The Labute approximate surface area is 112 Å². The van der Waals surface area contributed by atoms with Gasteiger partial charge in [-0.3, -0.25) is 9.48 Å². The van der Waals surface area contributed by atoms with Gasteiger partial charge in [0.15, 0.2) is 5.78 Å². The number of hydrogen-bond donors (Lipinski definition) is 1. The Kier molecular flexibility index (Phi) is 3.78. The fraction of sp³-hybridized carbons (Fsp3) is 0.167. The second kappa shape index (κ2) is 5.31. The molecule has 2 rings (SSSR count). The van der Waals surface area contributed by atoms with Gasteiger partial charge in [0.05, 0.1) is 15.3 Å². The molecule has 4 nitrogen and oxygen atoms in total. The number of para-hydroxylation sites is 1. The number of rotatable bonds is 4. The molecule has 1 aromatic carbocycles. The zero-order valence-electron chi connectivity index (χ0n) is 9.01. The number of ketones is 1. The molecule has 0 aliphatic carbocycles. The van der Waals surface area contributed by atoms with E-state index < -0.39 is 0 Å². The third-order valence-corrected chi connectivity index (χ3v) is 2.93. The summed E-state index contributed by atoms with van der Waals surface area (Å²) in [5.74, 6) is -0.0406. The summed E-state index contributed by atoms with van der Waals surface area (Å²) >= 11 is 2.17. The summed E-state index contributed by atoms with van der Waals surface area (Å²) in [7, 11) is 0. The molecule has 0 bridgehead atoms. The van der Waals surface area contributed by atoms with Crippen molar-refractivity contribution in [1.29, 1.82) is 0 Å². The number of Topliss-reactive ketones (excluding diaryl/α,β-unsaturated/α-hetero) is 1. The highest BCUT2D eigenvalue weighted by Gasteiger charge is 2.10. The first-order valence-electron chi connectivity index (χ1n) is 5.16. The maximum Gasteiger partial charge on any atom is 0.168 e. The molecule has 0 radical (unpaired) electrons. The van der Waals surface area contributed by atoms with Gasteiger partial charge in [0.1, 0.15) is 5.75 Å². The molecule has 0 saturated heterocycles. The molecule has 1 aromatic heterocycles. The van der Waals surface area contributed by atoms with Crippen LogP contribution in [0.4, 0.5) is 0 Å². The molecule has 0 amide bonds.